The number of hydrogen-bond donors (Lipinski definition) is 2. The highest BCUT2D eigenvalue weighted by atomic mass is 35.5. The van der Waals surface area contributed by atoms with E-state index < -0.39 is 0 Å². The second-order valence-corrected chi connectivity index (χ2v) is 4.93. The monoisotopic (exact) mass is 275 g/mol. The van der Waals surface area contributed by atoms with Gasteiger partial charge < -0.3 is 10.4 Å². The minimum Gasteiger partial charge on any atom is -0.508 e. The lowest BCUT2D eigenvalue weighted by molar-refractivity contribution is 0.473. The average molecular weight is 276 g/mol. The summed E-state index contributed by atoms with van der Waals surface area (Å²) in [5.74, 6) is 0.296. The Morgan fingerprint density at radius 1 is 1.11 bits per heavy atom. The number of rotatable bonds is 5. The van der Waals surface area contributed by atoms with E-state index >= 15 is 0 Å². The molecule has 0 aliphatic heterocycles. The van der Waals surface area contributed by atoms with Gasteiger partial charge in [0.15, 0.2) is 0 Å². The first kappa shape index (κ1) is 13.9. The van der Waals surface area contributed by atoms with Crippen molar-refractivity contribution < 1.29 is 5.11 Å². The van der Waals surface area contributed by atoms with Crippen LogP contribution in [-0.2, 0) is 6.54 Å². The minimum absolute atomic E-state index is 0.261. The van der Waals surface area contributed by atoms with Gasteiger partial charge in [-0.2, -0.15) is 0 Å². The summed E-state index contributed by atoms with van der Waals surface area (Å²) in [5, 5.41) is 13.6. The van der Waals surface area contributed by atoms with Gasteiger partial charge in [-0.15, -0.1) is 0 Å². The Kier molecular flexibility index (Phi) is 4.83. The summed E-state index contributed by atoms with van der Waals surface area (Å²) in [6, 6.07) is 15.4. The van der Waals surface area contributed by atoms with Crippen LogP contribution in [0, 0.1) is 0 Å². The van der Waals surface area contributed by atoms with Crippen molar-refractivity contribution in [3.63, 3.8) is 0 Å². The lowest BCUT2D eigenvalue weighted by Gasteiger charge is -2.18. The summed E-state index contributed by atoms with van der Waals surface area (Å²) in [4.78, 5) is 0. The molecule has 0 fully saturated rings. The van der Waals surface area contributed by atoms with Crippen LogP contribution in [0.4, 0.5) is 0 Å². The van der Waals surface area contributed by atoms with E-state index in [1.54, 1.807) is 12.1 Å². The van der Waals surface area contributed by atoms with Crippen molar-refractivity contribution in [2.24, 2.45) is 0 Å². The van der Waals surface area contributed by atoms with Crippen molar-refractivity contribution in [1.82, 2.24) is 5.32 Å². The predicted octanol–water partition coefficient (Wildman–Crippen LogP) is 4.29. The number of phenols is 1. The fraction of sp³-hybridized carbons (Fsp3) is 0.250. The molecule has 1 atom stereocenters. The second kappa shape index (κ2) is 6.60. The van der Waals surface area contributed by atoms with Gasteiger partial charge in [0.1, 0.15) is 5.75 Å². The van der Waals surface area contributed by atoms with Gasteiger partial charge >= 0.3 is 0 Å². The van der Waals surface area contributed by atoms with E-state index in [1.165, 1.54) is 5.56 Å². The topological polar surface area (TPSA) is 32.3 Å². The Morgan fingerprint density at radius 3 is 2.42 bits per heavy atom. The van der Waals surface area contributed by atoms with Crippen molar-refractivity contribution in [2.75, 3.05) is 0 Å². The molecular weight excluding hydrogens is 258 g/mol. The molecule has 0 saturated carbocycles. The molecule has 0 amide bonds. The van der Waals surface area contributed by atoms with E-state index in [9.17, 15) is 5.11 Å². The van der Waals surface area contributed by atoms with Gasteiger partial charge in [0.05, 0.1) is 0 Å². The Morgan fingerprint density at radius 2 is 1.79 bits per heavy atom. The van der Waals surface area contributed by atoms with Crippen LogP contribution in [-0.4, -0.2) is 5.11 Å². The van der Waals surface area contributed by atoms with Crippen molar-refractivity contribution in [3.8, 4) is 5.75 Å². The van der Waals surface area contributed by atoms with Gasteiger partial charge in [0.25, 0.3) is 0 Å². The molecule has 2 nitrogen and oxygen atoms in total. The molecule has 0 spiro atoms. The molecule has 0 heterocycles. The van der Waals surface area contributed by atoms with Crippen LogP contribution in [0.1, 0.15) is 30.5 Å². The zero-order valence-electron chi connectivity index (χ0n) is 10.9. The lowest BCUT2D eigenvalue weighted by Crippen LogP contribution is -2.20. The summed E-state index contributed by atoms with van der Waals surface area (Å²) in [7, 11) is 0. The maximum absolute atomic E-state index is 9.32. The number of aromatic hydroxyl groups is 1. The molecule has 19 heavy (non-hydrogen) atoms. The molecule has 0 aromatic heterocycles. The Bertz CT molecular complexity index is 525. The van der Waals surface area contributed by atoms with Crippen LogP contribution >= 0.6 is 11.6 Å². The van der Waals surface area contributed by atoms with Gasteiger partial charge in [-0.3, -0.25) is 0 Å². The maximum atomic E-state index is 9.32. The quantitative estimate of drug-likeness (QED) is 0.853. The van der Waals surface area contributed by atoms with Gasteiger partial charge in [-0.25, -0.2) is 0 Å². The van der Waals surface area contributed by atoms with Crippen LogP contribution < -0.4 is 5.32 Å². The van der Waals surface area contributed by atoms with Crippen molar-refractivity contribution >= 4 is 11.6 Å². The van der Waals surface area contributed by atoms with Crippen molar-refractivity contribution in [1.29, 1.82) is 0 Å². The standard InChI is InChI=1S/C16H18ClNO/c1-2-16(12-7-9-14(19)10-8-12)18-11-13-5-3-4-6-15(13)17/h3-10,16,18-19H,2,11H2,1H3. The largest absolute Gasteiger partial charge is 0.508 e. The molecule has 3 heteroatoms. The molecule has 0 radical (unpaired) electrons. The maximum Gasteiger partial charge on any atom is 0.115 e. The van der Waals surface area contributed by atoms with E-state index in [0.29, 0.717) is 5.75 Å². The normalized spacial score (nSPS) is 12.3. The first-order valence-corrected chi connectivity index (χ1v) is 6.84. The van der Waals surface area contributed by atoms with E-state index in [4.69, 9.17) is 11.6 Å². The summed E-state index contributed by atoms with van der Waals surface area (Å²) in [6.45, 7) is 2.87. The zero-order chi connectivity index (χ0) is 13.7. The number of benzene rings is 2. The molecule has 2 aromatic rings. The molecule has 2 rings (SSSR count). The van der Waals surface area contributed by atoms with Gasteiger partial charge in [-0.1, -0.05) is 48.9 Å². The fourth-order valence-electron chi connectivity index (χ4n) is 2.08. The van der Waals surface area contributed by atoms with Gasteiger partial charge in [-0.05, 0) is 35.7 Å². The average Bonchev–Trinajstić information content (AvgIpc) is 2.43. The lowest BCUT2D eigenvalue weighted by atomic mass is 10.0. The summed E-state index contributed by atoms with van der Waals surface area (Å²) >= 11 is 6.14. The SMILES string of the molecule is CCC(NCc1ccccc1Cl)c1ccc(O)cc1. The Labute approximate surface area is 119 Å². The smallest absolute Gasteiger partial charge is 0.115 e. The van der Waals surface area contributed by atoms with Gasteiger partial charge in [0.2, 0.25) is 0 Å². The van der Waals surface area contributed by atoms with Crippen LogP contribution in [0.25, 0.3) is 0 Å². The number of halogens is 1. The Hall–Kier alpha value is -1.51. The number of phenolic OH excluding ortho intramolecular Hbond substituents is 1. The fourth-order valence-corrected chi connectivity index (χ4v) is 2.28. The van der Waals surface area contributed by atoms with Crippen molar-refractivity contribution in [2.45, 2.75) is 25.9 Å². The van der Waals surface area contributed by atoms with Crippen LogP contribution in [0.2, 0.25) is 5.02 Å². The predicted molar refractivity (Wildman–Crippen MR) is 79.4 cm³/mol. The van der Waals surface area contributed by atoms with Crippen LogP contribution in [0.15, 0.2) is 48.5 Å². The summed E-state index contributed by atoms with van der Waals surface area (Å²) in [5.41, 5.74) is 2.27. The van der Waals surface area contributed by atoms with E-state index in [2.05, 4.69) is 12.2 Å². The highest BCUT2D eigenvalue weighted by Crippen LogP contribution is 2.21. The molecule has 1 unspecified atom stereocenters. The minimum atomic E-state index is 0.261. The molecule has 2 N–H and O–H groups in total. The first-order valence-electron chi connectivity index (χ1n) is 6.46. The van der Waals surface area contributed by atoms with Crippen LogP contribution in [0.3, 0.4) is 0 Å². The molecule has 0 bridgehead atoms. The first-order chi connectivity index (χ1) is 9.20. The molecule has 100 valence electrons. The third kappa shape index (κ3) is 3.72. The van der Waals surface area contributed by atoms with E-state index in [1.807, 2.05) is 36.4 Å². The molecular formula is C16H18ClNO. The number of nitrogens with one attached hydrogen (secondary N) is 1. The molecule has 0 aliphatic carbocycles. The Balaban J connectivity index is 2.04. The number of hydrogen-bond acceptors (Lipinski definition) is 2. The molecule has 0 saturated heterocycles. The molecule has 0 aliphatic rings. The zero-order valence-corrected chi connectivity index (χ0v) is 11.7. The highest BCUT2D eigenvalue weighted by molar-refractivity contribution is 6.31. The van der Waals surface area contributed by atoms with E-state index in [-0.39, 0.29) is 6.04 Å². The highest BCUT2D eigenvalue weighted by Gasteiger charge is 2.09. The van der Waals surface area contributed by atoms with Crippen LogP contribution in [0.5, 0.6) is 5.75 Å². The summed E-state index contributed by atoms with van der Waals surface area (Å²) in [6.07, 6.45) is 0.981. The third-order valence-electron chi connectivity index (χ3n) is 3.20. The second-order valence-electron chi connectivity index (χ2n) is 4.52. The van der Waals surface area contributed by atoms with Gasteiger partial charge in [0, 0.05) is 17.6 Å². The molecule has 2 aromatic carbocycles. The third-order valence-corrected chi connectivity index (χ3v) is 3.57. The van der Waals surface area contributed by atoms with E-state index in [0.717, 1.165) is 23.6 Å². The van der Waals surface area contributed by atoms with Crippen molar-refractivity contribution in [3.05, 3.63) is 64.7 Å². The summed E-state index contributed by atoms with van der Waals surface area (Å²) < 4.78 is 0.